The summed E-state index contributed by atoms with van der Waals surface area (Å²) in [7, 11) is 0. The van der Waals surface area contributed by atoms with E-state index in [-0.39, 0.29) is 6.61 Å². The summed E-state index contributed by atoms with van der Waals surface area (Å²) in [6, 6.07) is 21.2. The van der Waals surface area contributed by atoms with Crippen LogP contribution < -0.4 is 0 Å². The Bertz CT molecular complexity index is 814. The average molecular weight is 432 g/mol. The molecule has 1 heterocycles. The minimum absolute atomic E-state index is 0.0349. The van der Waals surface area contributed by atoms with Gasteiger partial charge in [0, 0.05) is 13.3 Å². The number of hydrogen-bond acceptors (Lipinski definition) is 2. The Kier molecular flexibility index (Phi) is 5.30. The monoisotopic (exact) mass is 432 g/mol. The Labute approximate surface area is 154 Å². The average Bonchev–Trinajstić information content (AvgIpc) is 3.00. The quantitative estimate of drug-likeness (QED) is 0.521. The fourth-order valence-corrected chi connectivity index (χ4v) is 3.76. The van der Waals surface area contributed by atoms with E-state index in [0.29, 0.717) is 0 Å². The van der Waals surface area contributed by atoms with Crippen LogP contribution in [0.5, 0.6) is 0 Å². The van der Waals surface area contributed by atoms with E-state index in [1.165, 1.54) is 18.9 Å². The van der Waals surface area contributed by atoms with Crippen LogP contribution in [-0.4, -0.2) is 11.7 Å². The standard InChI is InChI=1S/C20H17IOS/c1-14-2-11-20(23-14)17-5-3-15(4-6-17)19(12-13-22)16-7-9-18(21)10-8-16/h2-12,22H,13H2,1H3/b19-12+. The van der Waals surface area contributed by atoms with E-state index in [4.69, 9.17) is 0 Å². The smallest absolute Gasteiger partial charge is 0.0621 e. The van der Waals surface area contributed by atoms with Crippen molar-refractivity contribution in [1.82, 2.24) is 0 Å². The molecule has 0 unspecified atom stereocenters. The van der Waals surface area contributed by atoms with Gasteiger partial charge in [-0.2, -0.15) is 0 Å². The van der Waals surface area contributed by atoms with Gasteiger partial charge < -0.3 is 5.11 Å². The van der Waals surface area contributed by atoms with Gasteiger partial charge in [-0.05, 0) is 76.0 Å². The van der Waals surface area contributed by atoms with E-state index in [9.17, 15) is 5.11 Å². The second-order valence-corrected chi connectivity index (χ2v) is 7.83. The highest BCUT2D eigenvalue weighted by molar-refractivity contribution is 14.1. The molecule has 1 N–H and O–H groups in total. The van der Waals surface area contributed by atoms with Crippen LogP contribution in [0, 0.1) is 10.5 Å². The number of thiophene rings is 1. The van der Waals surface area contributed by atoms with Crippen LogP contribution in [0.25, 0.3) is 16.0 Å². The number of aryl methyl sites for hydroxylation is 1. The molecular weight excluding hydrogens is 415 g/mol. The molecule has 0 fully saturated rings. The lowest BCUT2D eigenvalue weighted by atomic mass is 9.96. The van der Waals surface area contributed by atoms with Crippen LogP contribution >= 0.6 is 33.9 Å². The van der Waals surface area contributed by atoms with Gasteiger partial charge in [-0.15, -0.1) is 11.3 Å². The van der Waals surface area contributed by atoms with Crippen molar-refractivity contribution in [3.63, 3.8) is 0 Å². The number of halogens is 1. The molecule has 116 valence electrons. The first-order valence-electron chi connectivity index (χ1n) is 7.41. The van der Waals surface area contributed by atoms with Crippen molar-refractivity contribution in [2.45, 2.75) is 6.92 Å². The predicted molar refractivity (Wildman–Crippen MR) is 108 cm³/mol. The normalized spacial score (nSPS) is 11.7. The maximum atomic E-state index is 9.37. The molecule has 0 spiro atoms. The number of aliphatic hydroxyl groups excluding tert-OH is 1. The van der Waals surface area contributed by atoms with E-state index in [2.05, 4.69) is 90.2 Å². The minimum Gasteiger partial charge on any atom is -0.392 e. The van der Waals surface area contributed by atoms with Crippen LogP contribution in [0.15, 0.2) is 66.7 Å². The third kappa shape index (κ3) is 3.91. The van der Waals surface area contributed by atoms with Crippen molar-refractivity contribution in [3.05, 3.63) is 86.3 Å². The Hall–Kier alpha value is -1.43. The van der Waals surface area contributed by atoms with Crippen molar-refractivity contribution in [1.29, 1.82) is 0 Å². The molecule has 0 radical (unpaired) electrons. The Balaban J connectivity index is 1.95. The molecule has 23 heavy (non-hydrogen) atoms. The van der Waals surface area contributed by atoms with Crippen molar-refractivity contribution in [2.24, 2.45) is 0 Å². The van der Waals surface area contributed by atoms with Gasteiger partial charge in [0.25, 0.3) is 0 Å². The number of aliphatic hydroxyl groups is 1. The molecule has 1 aromatic heterocycles. The number of benzene rings is 2. The molecule has 0 amide bonds. The van der Waals surface area contributed by atoms with E-state index in [0.717, 1.165) is 16.7 Å². The fourth-order valence-electron chi connectivity index (χ4n) is 2.53. The minimum atomic E-state index is 0.0349. The molecular formula is C20H17IOS. The topological polar surface area (TPSA) is 20.2 Å². The van der Waals surface area contributed by atoms with Crippen molar-refractivity contribution in [3.8, 4) is 10.4 Å². The van der Waals surface area contributed by atoms with Gasteiger partial charge in [-0.1, -0.05) is 42.5 Å². The summed E-state index contributed by atoms with van der Waals surface area (Å²) in [5.41, 5.74) is 4.55. The van der Waals surface area contributed by atoms with E-state index in [1.807, 2.05) is 17.4 Å². The number of rotatable bonds is 4. The summed E-state index contributed by atoms with van der Waals surface area (Å²) in [6.45, 7) is 2.16. The van der Waals surface area contributed by atoms with Gasteiger partial charge in [0.05, 0.1) is 6.61 Å². The first-order valence-corrected chi connectivity index (χ1v) is 9.31. The van der Waals surface area contributed by atoms with Crippen LogP contribution in [0.2, 0.25) is 0 Å². The van der Waals surface area contributed by atoms with Gasteiger partial charge in [-0.25, -0.2) is 0 Å². The molecule has 0 aliphatic rings. The highest BCUT2D eigenvalue weighted by Crippen LogP contribution is 2.30. The fraction of sp³-hybridized carbons (Fsp3) is 0.100. The molecule has 0 atom stereocenters. The molecule has 3 heteroatoms. The van der Waals surface area contributed by atoms with E-state index >= 15 is 0 Å². The van der Waals surface area contributed by atoms with E-state index < -0.39 is 0 Å². The lowest BCUT2D eigenvalue weighted by Crippen LogP contribution is -1.90. The highest BCUT2D eigenvalue weighted by Gasteiger charge is 2.06. The summed E-state index contributed by atoms with van der Waals surface area (Å²) in [5, 5.41) is 9.37. The van der Waals surface area contributed by atoms with Crippen molar-refractivity contribution >= 4 is 39.5 Å². The van der Waals surface area contributed by atoms with Gasteiger partial charge >= 0.3 is 0 Å². The number of hydrogen-bond donors (Lipinski definition) is 1. The van der Waals surface area contributed by atoms with E-state index in [1.54, 1.807) is 0 Å². The zero-order chi connectivity index (χ0) is 16.2. The Morgan fingerprint density at radius 2 is 1.57 bits per heavy atom. The van der Waals surface area contributed by atoms with Crippen LogP contribution in [0.1, 0.15) is 16.0 Å². The molecule has 2 aromatic carbocycles. The second kappa shape index (κ2) is 7.43. The Morgan fingerprint density at radius 1 is 0.957 bits per heavy atom. The molecule has 1 nitrogen and oxygen atoms in total. The zero-order valence-corrected chi connectivity index (χ0v) is 15.8. The lowest BCUT2D eigenvalue weighted by Gasteiger charge is -2.09. The third-order valence-electron chi connectivity index (χ3n) is 3.67. The predicted octanol–water partition coefficient (Wildman–Crippen LogP) is 5.75. The summed E-state index contributed by atoms with van der Waals surface area (Å²) >= 11 is 4.11. The molecule has 0 bridgehead atoms. The molecule has 0 aliphatic carbocycles. The van der Waals surface area contributed by atoms with Gasteiger partial charge in [0.2, 0.25) is 0 Å². The largest absolute Gasteiger partial charge is 0.392 e. The summed E-state index contributed by atoms with van der Waals surface area (Å²) in [6.07, 6.45) is 1.87. The lowest BCUT2D eigenvalue weighted by molar-refractivity contribution is 0.343. The first-order chi connectivity index (χ1) is 11.2. The molecule has 3 aromatic rings. The van der Waals surface area contributed by atoms with Gasteiger partial charge in [-0.3, -0.25) is 0 Å². The van der Waals surface area contributed by atoms with Crippen molar-refractivity contribution in [2.75, 3.05) is 6.61 Å². The van der Waals surface area contributed by atoms with Crippen LogP contribution in [0.4, 0.5) is 0 Å². The summed E-state index contributed by atoms with van der Waals surface area (Å²) in [4.78, 5) is 2.61. The Morgan fingerprint density at radius 3 is 2.09 bits per heavy atom. The zero-order valence-electron chi connectivity index (χ0n) is 12.8. The maximum absolute atomic E-state index is 9.37. The van der Waals surface area contributed by atoms with Crippen molar-refractivity contribution < 1.29 is 5.11 Å². The summed E-state index contributed by atoms with van der Waals surface area (Å²) < 4.78 is 1.21. The van der Waals surface area contributed by atoms with Crippen LogP contribution in [0.3, 0.4) is 0 Å². The molecule has 0 saturated carbocycles. The van der Waals surface area contributed by atoms with Gasteiger partial charge in [0.15, 0.2) is 0 Å². The SMILES string of the molecule is Cc1ccc(-c2ccc(/C(=C\CO)c3ccc(I)cc3)cc2)s1. The van der Waals surface area contributed by atoms with Gasteiger partial charge in [0.1, 0.15) is 0 Å². The molecule has 3 rings (SSSR count). The highest BCUT2D eigenvalue weighted by atomic mass is 127. The molecule has 0 aliphatic heterocycles. The maximum Gasteiger partial charge on any atom is 0.0621 e. The first kappa shape index (κ1) is 16.4. The second-order valence-electron chi connectivity index (χ2n) is 5.29. The summed E-state index contributed by atoms with van der Waals surface area (Å²) in [5.74, 6) is 0. The molecule has 0 saturated heterocycles. The van der Waals surface area contributed by atoms with Crippen LogP contribution in [-0.2, 0) is 0 Å². The third-order valence-corrected chi connectivity index (χ3v) is 5.44.